The van der Waals surface area contributed by atoms with Gasteiger partial charge in [-0.2, -0.15) is 0 Å². The van der Waals surface area contributed by atoms with E-state index in [4.69, 9.17) is 0 Å². The molecule has 0 aliphatic carbocycles. The van der Waals surface area contributed by atoms with Crippen molar-refractivity contribution in [2.75, 3.05) is 0 Å². The monoisotopic (exact) mass is 204 g/mol. The normalized spacial score (nSPS) is 11.8. The summed E-state index contributed by atoms with van der Waals surface area (Å²) in [6, 6.07) is 3.54. The first-order valence-corrected chi connectivity index (χ1v) is 5.22. The highest BCUT2D eigenvalue weighted by molar-refractivity contribution is 5.32. The van der Waals surface area contributed by atoms with Gasteiger partial charge in [-0.15, -0.1) is 11.8 Å². The molecular weight excluding hydrogens is 187 g/mol. The Bertz CT molecular complexity index is 407. The molecule has 0 aliphatic heterocycles. The summed E-state index contributed by atoms with van der Waals surface area (Å²) in [5.41, 5.74) is 2.92. The summed E-state index contributed by atoms with van der Waals surface area (Å²) in [6.07, 6.45) is 0.688. The Morgan fingerprint density at radius 1 is 1.27 bits per heavy atom. The zero-order valence-electron chi connectivity index (χ0n) is 9.82. The highest BCUT2D eigenvalue weighted by Gasteiger charge is 2.07. The van der Waals surface area contributed by atoms with Crippen LogP contribution < -0.4 is 0 Å². The molecule has 0 saturated heterocycles. The van der Waals surface area contributed by atoms with Crippen LogP contribution in [0.4, 0.5) is 4.39 Å². The molecule has 0 nitrogen and oxygen atoms in total. The van der Waals surface area contributed by atoms with Crippen molar-refractivity contribution in [3.63, 3.8) is 0 Å². The Kier molecular flexibility index (Phi) is 3.91. The minimum absolute atomic E-state index is 0.108. The molecule has 15 heavy (non-hydrogen) atoms. The average Bonchev–Trinajstić information content (AvgIpc) is 2.14. The predicted molar refractivity (Wildman–Crippen MR) is 62.2 cm³/mol. The summed E-state index contributed by atoms with van der Waals surface area (Å²) in [5, 5.41) is 0. The van der Waals surface area contributed by atoms with E-state index in [1.54, 1.807) is 6.07 Å². The van der Waals surface area contributed by atoms with E-state index in [2.05, 4.69) is 11.8 Å². The highest BCUT2D eigenvalue weighted by Crippen LogP contribution is 2.17. The summed E-state index contributed by atoms with van der Waals surface area (Å²) in [6.45, 7) is 7.77. The van der Waals surface area contributed by atoms with Gasteiger partial charge in [-0.05, 0) is 49.9 Å². The summed E-state index contributed by atoms with van der Waals surface area (Å²) >= 11 is 0. The van der Waals surface area contributed by atoms with Crippen LogP contribution in [-0.4, -0.2) is 0 Å². The van der Waals surface area contributed by atoms with Crippen molar-refractivity contribution in [3.05, 3.63) is 34.6 Å². The van der Waals surface area contributed by atoms with Crippen molar-refractivity contribution in [3.8, 4) is 11.8 Å². The fourth-order valence-electron chi connectivity index (χ4n) is 1.62. The molecule has 0 N–H and O–H groups in total. The van der Waals surface area contributed by atoms with E-state index in [9.17, 15) is 4.39 Å². The summed E-state index contributed by atoms with van der Waals surface area (Å²) in [7, 11) is 0. The molecule has 80 valence electrons. The van der Waals surface area contributed by atoms with Gasteiger partial charge in [-0.1, -0.05) is 13.0 Å². The molecule has 0 saturated carbocycles. The Balaban J connectivity index is 2.93. The van der Waals surface area contributed by atoms with Crippen LogP contribution in [0.25, 0.3) is 0 Å². The number of benzene rings is 1. The molecule has 1 rings (SSSR count). The van der Waals surface area contributed by atoms with Gasteiger partial charge in [0.1, 0.15) is 5.82 Å². The summed E-state index contributed by atoms with van der Waals surface area (Å²) in [4.78, 5) is 0. The number of rotatable bonds is 2. The molecule has 0 amide bonds. The molecule has 1 unspecified atom stereocenters. The van der Waals surface area contributed by atoms with E-state index in [1.165, 1.54) is 0 Å². The summed E-state index contributed by atoms with van der Waals surface area (Å²) < 4.78 is 13.6. The van der Waals surface area contributed by atoms with Crippen LogP contribution in [0.1, 0.15) is 30.5 Å². The van der Waals surface area contributed by atoms with Crippen LogP contribution in [0.3, 0.4) is 0 Å². The molecule has 0 aromatic heterocycles. The molecular formula is C14H17F. The first-order valence-electron chi connectivity index (χ1n) is 5.22. The second-order valence-corrected chi connectivity index (χ2v) is 4.03. The molecule has 0 spiro atoms. The molecule has 1 atom stereocenters. The summed E-state index contributed by atoms with van der Waals surface area (Å²) in [5.74, 6) is 6.01. The van der Waals surface area contributed by atoms with E-state index in [0.717, 1.165) is 16.7 Å². The average molecular weight is 204 g/mol. The Hall–Kier alpha value is -1.29. The largest absolute Gasteiger partial charge is 0.207 e. The first kappa shape index (κ1) is 11.8. The first-order chi connectivity index (χ1) is 7.04. The minimum atomic E-state index is -0.108. The number of hydrogen-bond acceptors (Lipinski definition) is 0. The zero-order valence-corrected chi connectivity index (χ0v) is 9.82. The lowest BCUT2D eigenvalue weighted by molar-refractivity contribution is 0.593. The van der Waals surface area contributed by atoms with Crippen LogP contribution in [-0.2, 0) is 6.42 Å². The van der Waals surface area contributed by atoms with E-state index >= 15 is 0 Å². The quantitative estimate of drug-likeness (QED) is 0.645. The van der Waals surface area contributed by atoms with Gasteiger partial charge in [0.25, 0.3) is 0 Å². The fraction of sp³-hybridized carbons (Fsp3) is 0.429. The predicted octanol–water partition coefficient (Wildman–Crippen LogP) is 3.64. The Morgan fingerprint density at radius 2 is 1.87 bits per heavy atom. The lowest BCUT2D eigenvalue weighted by atomic mass is 9.97. The molecule has 0 bridgehead atoms. The number of aryl methyl sites for hydroxylation is 2. The standard InChI is InChI=1S/C14H17F/c1-5-6-10(2)7-13-8-11(3)12(4)9-14(13)15/h8-10H,7H2,1-4H3. The van der Waals surface area contributed by atoms with Crippen LogP contribution in [0, 0.1) is 37.4 Å². The van der Waals surface area contributed by atoms with Crippen LogP contribution in [0.2, 0.25) is 0 Å². The number of halogens is 1. The van der Waals surface area contributed by atoms with Gasteiger partial charge in [-0.3, -0.25) is 0 Å². The van der Waals surface area contributed by atoms with Gasteiger partial charge < -0.3 is 0 Å². The lowest BCUT2D eigenvalue weighted by Gasteiger charge is -2.09. The lowest BCUT2D eigenvalue weighted by Crippen LogP contribution is -2.01. The van der Waals surface area contributed by atoms with Crippen molar-refractivity contribution in [2.24, 2.45) is 5.92 Å². The Labute approximate surface area is 91.5 Å². The van der Waals surface area contributed by atoms with Crippen LogP contribution in [0.5, 0.6) is 0 Å². The molecule has 0 aliphatic rings. The third kappa shape index (κ3) is 3.09. The maximum absolute atomic E-state index is 13.6. The highest BCUT2D eigenvalue weighted by atomic mass is 19.1. The van der Waals surface area contributed by atoms with Crippen LogP contribution in [0.15, 0.2) is 12.1 Å². The molecule has 0 fully saturated rings. The van der Waals surface area contributed by atoms with Crippen molar-refractivity contribution >= 4 is 0 Å². The van der Waals surface area contributed by atoms with Gasteiger partial charge in [0, 0.05) is 5.92 Å². The second-order valence-electron chi connectivity index (χ2n) is 4.03. The third-order valence-corrected chi connectivity index (χ3v) is 2.58. The topological polar surface area (TPSA) is 0 Å². The van der Waals surface area contributed by atoms with Crippen molar-refractivity contribution in [1.29, 1.82) is 0 Å². The SMILES string of the molecule is CC#CC(C)Cc1cc(C)c(C)cc1F. The van der Waals surface area contributed by atoms with Gasteiger partial charge in [0.15, 0.2) is 0 Å². The third-order valence-electron chi connectivity index (χ3n) is 2.58. The van der Waals surface area contributed by atoms with Gasteiger partial charge in [0.05, 0.1) is 0 Å². The van der Waals surface area contributed by atoms with Crippen molar-refractivity contribution < 1.29 is 4.39 Å². The van der Waals surface area contributed by atoms with Crippen molar-refractivity contribution in [2.45, 2.75) is 34.1 Å². The van der Waals surface area contributed by atoms with E-state index in [1.807, 2.05) is 33.8 Å². The smallest absolute Gasteiger partial charge is 0.126 e. The van der Waals surface area contributed by atoms with E-state index < -0.39 is 0 Å². The Morgan fingerprint density at radius 3 is 2.47 bits per heavy atom. The molecule has 1 aromatic rings. The van der Waals surface area contributed by atoms with Gasteiger partial charge in [-0.25, -0.2) is 4.39 Å². The molecule has 1 heteroatoms. The fourth-order valence-corrected chi connectivity index (χ4v) is 1.62. The number of hydrogen-bond donors (Lipinski definition) is 0. The maximum atomic E-state index is 13.6. The molecule has 0 heterocycles. The maximum Gasteiger partial charge on any atom is 0.126 e. The van der Waals surface area contributed by atoms with E-state index in [-0.39, 0.29) is 11.7 Å². The van der Waals surface area contributed by atoms with Gasteiger partial charge >= 0.3 is 0 Å². The second kappa shape index (κ2) is 4.98. The van der Waals surface area contributed by atoms with E-state index in [0.29, 0.717) is 6.42 Å². The van der Waals surface area contributed by atoms with Crippen LogP contribution >= 0.6 is 0 Å². The zero-order chi connectivity index (χ0) is 11.4. The van der Waals surface area contributed by atoms with Crippen molar-refractivity contribution in [1.82, 2.24) is 0 Å². The minimum Gasteiger partial charge on any atom is -0.207 e. The molecule has 1 aromatic carbocycles. The molecule has 0 radical (unpaired) electrons. The van der Waals surface area contributed by atoms with Gasteiger partial charge in [0.2, 0.25) is 0 Å².